The topological polar surface area (TPSA) is 72.6 Å². The first-order valence-electron chi connectivity index (χ1n) is 6.29. The Morgan fingerprint density at radius 2 is 2.05 bits per heavy atom. The van der Waals surface area contributed by atoms with E-state index in [0.717, 1.165) is 4.90 Å². The predicted molar refractivity (Wildman–Crippen MR) is 80.8 cm³/mol. The number of aliphatic hydroxyl groups excluding tert-OH is 1. The Hall–Kier alpha value is -2.05. The molecule has 0 heterocycles. The van der Waals surface area contributed by atoms with Gasteiger partial charge in [0.05, 0.1) is 23.0 Å². The number of ether oxygens (including phenoxy) is 1. The minimum absolute atomic E-state index is 0.0128. The molecule has 0 aliphatic carbocycles. The van der Waals surface area contributed by atoms with Crippen LogP contribution in [0.2, 0.25) is 0 Å². The van der Waals surface area contributed by atoms with Crippen LogP contribution < -0.4 is 4.74 Å². The smallest absolute Gasteiger partial charge is 0.283 e. The molecule has 0 saturated heterocycles. The quantitative estimate of drug-likeness (QED) is 0.671. The van der Waals surface area contributed by atoms with Crippen LogP contribution in [-0.2, 0) is 0 Å². The maximum absolute atomic E-state index is 11.2. The second kappa shape index (κ2) is 6.60. The molecule has 1 atom stereocenters. The molecular formula is C15H15NO4S. The number of aliphatic hydroxyl groups is 1. The van der Waals surface area contributed by atoms with Gasteiger partial charge in [-0.2, -0.15) is 0 Å². The van der Waals surface area contributed by atoms with Crippen molar-refractivity contribution in [1.82, 2.24) is 0 Å². The Balaban J connectivity index is 2.36. The van der Waals surface area contributed by atoms with E-state index in [4.69, 9.17) is 4.74 Å². The molecule has 0 fully saturated rings. The minimum atomic E-state index is -0.737. The van der Waals surface area contributed by atoms with Crippen LogP contribution >= 0.6 is 11.8 Å². The molecule has 1 N–H and O–H groups in total. The average Bonchev–Trinajstić information content (AvgIpc) is 2.47. The van der Waals surface area contributed by atoms with Gasteiger partial charge in [-0.05, 0) is 36.8 Å². The van der Waals surface area contributed by atoms with Crippen molar-refractivity contribution in [2.45, 2.75) is 22.8 Å². The molecule has 0 radical (unpaired) electrons. The summed E-state index contributed by atoms with van der Waals surface area (Å²) in [5.74, 6) is 0.697. The van der Waals surface area contributed by atoms with Gasteiger partial charge >= 0.3 is 0 Å². The SMILES string of the molecule is COc1cccc(Sc2ccc(C(C)O)cc2[N+](=O)[O-])c1. The van der Waals surface area contributed by atoms with E-state index in [1.54, 1.807) is 26.2 Å². The standard InChI is InChI=1S/C15H15NO4S/c1-10(17)11-6-7-15(14(8-11)16(18)19)21-13-5-3-4-12(9-13)20-2/h3-10,17H,1-2H3. The molecule has 6 heteroatoms. The number of nitro groups is 1. The highest BCUT2D eigenvalue weighted by Gasteiger charge is 2.17. The Morgan fingerprint density at radius 1 is 1.29 bits per heavy atom. The van der Waals surface area contributed by atoms with Crippen molar-refractivity contribution in [2.75, 3.05) is 7.11 Å². The number of nitrogens with zero attached hydrogens (tertiary/aromatic N) is 1. The lowest BCUT2D eigenvalue weighted by Crippen LogP contribution is -1.96. The molecule has 0 aromatic heterocycles. The fourth-order valence-electron chi connectivity index (χ4n) is 1.81. The van der Waals surface area contributed by atoms with Crippen molar-refractivity contribution in [3.8, 4) is 5.75 Å². The van der Waals surface area contributed by atoms with Gasteiger partial charge in [0, 0.05) is 11.0 Å². The molecule has 0 saturated carbocycles. The molecule has 2 aromatic carbocycles. The highest BCUT2D eigenvalue weighted by Crippen LogP contribution is 2.37. The first kappa shape index (κ1) is 15.3. The van der Waals surface area contributed by atoms with Crippen LogP contribution in [0.25, 0.3) is 0 Å². The van der Waals surface area contributed by atoms with Gasteiger partial charge < -0.3 is 9.84 Å². The molecule has 0 aliphatic heterocycles. The molecule has 110 valence electrons. The Labute approximate surface area is 126 Å². The summed E-state index contributed by atoms with van der Waals surface area (Å²) in [5, 5.41) is 20.7. The van der Waals surface area contributed by atoms with E-state index in [2.05, 4.69) is 0 Å². The summed E-state index contributed by atoms with van der Waals surface area (Å²) in [6.07, 6.45) is -0.737. The van der Waals surface area contributed by atoms with E-state index in [0.29, 0.717) is 16.2 Å². The van der Waals surface area contributed by atoms with Gasteiger partial charge in [-0.1, -0.05) is 23.9 Å². The van der Waals surface area contributed by atoms with Gasteiger partial charge in [0.1, 0.15) is 5.75 Å². The summed E-state index contributed by atoms with van der Waals surface area (Å²) < 4.78 is 5.14. The average molecular weight is 305 g/mol. The maximum Gasteiger partial charge on any atom is 0.283 e. The zero-order valence-corrected chi connectivity index (χ0v) is 12.5. The van der Waals surface area contributed by atoms with Crippen molar-refractivity contribution < 1.29 is 14.8 Å². The number of hydrogen-bond donors (Lipinski definition) is 1. The van der Waals surface area contributed by atoms with Crippen molar-refractivity contribution in [3.05, 3.63) is 58.1 Å². The predicted octanol–water partition coefficient (Wildman–Crippen LogP) is 3.81. The van der Waals surface area contributed by atoms with E-state index in [1.165, 1.54) is 17.8 Å². The first-order chi connectivity index (χ1) is 10.0. The van der Waals surface area contributed by atoms with Crippen molar-refractivity contribution in [1.29, 1.82) is 0 Å². The van der Waals surface area contributed by atoms with Crippen LogP contribution in [0, 0.1) is 10.1 Å². The monoisotopic (exact) mass is 305 g/mol. The summed E-state index contributed by atoms with van der Waals surface area (Å²) in [7, 11) is 1.57. The van der Waals surface area contributed by atoms with Crippen LogP contribution in [0.4, 0.5) is 5.69 Å². The number of hydrogen-bond acceptors (Lipinski definition) is 5. The van der Waals surface area contributed by atoms with Crippen LogP contribution in [0.3, 0.4) is 0 Å². The van der Waals surface area contributed by atoms with E-state index in [-0.39, 0.29) is 5.69 Å². The van der Waals surface area contributed by atoms with Crippen LogP contribution in [0.15, 0.2) is 52.3 Å². The molecule has 0 amide bonds. The zero-order valence-electron chi connectivity index (χ0n) is 11.6. The summed E-state index contributed by atoms with van der Waals surface area (Å²) in [6.45, 7) is 1.58. The number of nitro benzene ring substituents is 1. The van der Waals surface area contributed by atoms with Gasteiger partial charge in [-0.3, -0.25) is 10.1 Å². The lowest BCUT2D eigenvalue weighted by Gasteiger charge is -2.08. The summed E-state index contributed by atoms with van der Waals surface area (Å²) in [5.41, 5.74) is 0.512. The second-order valence-electron chi connectivity index (χ2n) is 4.44. The second-order valence-corrected chi connectivity index (χ2v) is 5.56. The highest BCUT2D eigenvalue weighted by atomic mass is 32.2. The number of benzene rings is 2. The normalized spacial score (nSPS) is 12.0. The molecule has 21 heavy (non-hydrogen) atoms. The fourth-order valence-corrected chi connectivity index (χ4v) is 2.76. The number of methoxy groups -OCH3 is 1. The lowest BCUT2D eigenvalue weighted by molar-refractivity contribution is -0.387. The molecule has 0 spiro atoms. The fraction of sp³-hybridized carbons (Fsp3) is 0.200. The molecule has 2 rings (SSSR count). The van der Waals surface area contributed by atoms with Crippen LogP contribution in [0.5, 0.6) is 5.75 Å². The minimum Gasteiger partial charge on any atom is -0.497 e. The van der Waals surface area contributed by atoms with Crippen molar-refractivity contribution in [2.24, 2.45) is 0 Å². The zero-order chi connectivity index (χ0) is 15.4. The molecular weight excluding hydrogens is 290 g/mol. The van der Waals surface area contributed by atoms with Crippen LogP contribution in [0.1, 0.15) is 18.6 Å². The first-order valence-corrected chi connectivity index (χ1v) is 7.11. The molecule has 0 aliphatic rings. The molecule has 5 nitrogen and oxygen atoms in total. The van der Waals surface area contributed by atoms with Gasteiger partial charge in [-0.25, -0.2) is 0 Å². The summed E-state index contributed by atoms with van der Waals surface area (Å²) >= 11 is 1.29. The van der Waals surface area contributed by atoms with E-state index in [1.807, 2.05) is 24.3 Å². The third-order valence-electron chi connectivity index (χ3n) is 2.93. The van der Waals surface area contributed by atoms with Gasteiger partial charge in [-0.15, -0.1) is 0 Å². The molecule has 2 aromatic rings. The van der Waals surface area contributed by atoms with Crippen LogP contribution in [-0.4, -0.2) is 17.1 Å². The van der Waals surface area contributed by atoms with E-state index in [9.17, 15) is 15.2 Å². The summed E-state index contributed by atoms with van der Waals surface area (Å²) in [6, 6.07) is 12.1. The lowest BCUT2D eigenvalue weighted by atomic mass is 10.1. The Bertz CT molecular complexity index is 658. The largest absolute Gasteiger partial charge is 0.497 e. The molecule has 1 unspecified atom stereocenters. The Kier molecular flexibility index (Phi) is 4.82. The Morgan fingerprint density at radius 3 is 2.67 bits per heavy atom. The highest BCUT2D eigenvalue weighted by molar-refractivity contribution is 7.99. The van der Waals surface area contributed by atoms with E-state index < -0.39 is 11.0 Å². The van der Waals surface area contributed by atoms with E-state index >= 15 is 0 Å². The van der Waals surface area contributed by atoms with Gasteiger partial charge in [0.15, 0.2) is 0 Å². The van der Waals surface area contributed by atoms with Crippen molar-refractivity contribution in [3.63, 3.8) is 0 Å². The third-order valence-corrected chi connectivity index (χ3v) is 3.99. The number of rotatable bonds is 5. The van der Waals surface area contributed by atoms with Crippen molar-refractivity contribution >= 4 is 17.4 Å². The summed E-state index contributed by atoms with van der Waals surface area (Å²) in [4.78, 5) is 12.1. The van der Waals surface area contributed by atoms with Gasteiger partial charge in [0.2, 0.25) is 0 Å². The third kappa shape index (κ3) is 3.74. The maximum atomic E-state index is 11.2. The molecule has 0 bridgehead atoms. The van der Waals surface area contributed by atoms with Gasteiger partial charge in [0.25, 0.3) is 5.69 Å².